The summed E-state index contributed by atoms with van der Waals surface area (Å²) in [6.45, 7) is 2.95. The third kappa shape index (κ3) is 7.41. The van der Waals surface area contributed by atoms with Crippen LogP contribution in [0.3, 0.4) is 0 Å². The van der Waals surface area contributed by atoms with E-state index in [9.17, 15) is 0 Å². The lowest BCUT2D eigenvalue weighted by molar-refractivity contribution is 0.192. The molecule has 9 heavy (non-hydrogen) atoms. The molecule has 0 aliphatic heterocycles. The van der Waals surface area contributed by atoms with Gasteiger partial charge in [0.25, 0.3) is 0 Å². The standard InChI is InChI=1S/C6H12N2O/c1-6(9)5-8-4-2-3-7/h6,8-9H,2,4-5H2,1H3. The maximum absolute atomic E-state index is 8.71. The number of aliphatic hydroxyl groups is 1. The fourth-order valence-electron chi connectivity index (χ4n) is 0.455. The second-order valence-electron chi connectivity index (χ2n) is 1.96. The van der Waals surface area contributed by atoms with Crippen LogP contribution in [0, 0.1) is 11.3 Å². The van der Waals surface area contributed by atoms with Crippen LogP contribution in [0.15, 0.2) is 0 Å². The van der Waals surface area contributed by atoms with Crippen molar-refractivity contribution in [2.24, 2.45) is 0 Å². The van der Waals surface area contributed by atoms with E-state index in [-0.39, 0.29) is 6.10 Å². The maximum Gasteiger partial charge on any atom is 0.0636 e. The van der Waals surface area contributed by atoms with Crippen LogP contribution in [-0.4, -0.2) is 24.3 Å². The van der Waals surface area contributed by atoms with Gasteiger partial charge in [-0.25, -0.2) is 0 Å². The molecule has 0 aliphatic rings. The molecular weight excluding hydrogens is 116 g/mol. The lowest BCUT2D eigenvalue weighted by Gasteiger charge is -2.02. The Labute approximate surface area is 55.3 Å². The molecular formula is C6H12N2O. The molecule has 1 atom stereocenters. The van der Waals surface area contributed by atoms with Crippen molar-refractivity contribution in [1.29, 1.82) is 5.26 Å². The molecule has 3 heteroatoms. The Morgan fingerprint density at radius 3 is 2.89 bits per heavy atom. The van der Waals surface area contributed by atoms with Crippen molar-refractivity contribution >= 4 is 0 Å². The number of hydrogen-bond donors (Lipinski definition) is 2. The van der Waals surface area contributed by atoms with E-state index in [0.29, 0.717) is 19.5 Å². The third-order valence-electron chi connectivity index (χ3n) is 0.853. The smallest absolute Gasteiger partial charge is 0.0636 e. The van der Waals surface area contributed by atoms with Crippen molar-refractivity contribution in [2.45, 2.75) is 19.4 Å². The highest BCUT2D eigenvalue weighted by molar-refractivity contribution is 4.70. The Morgan fingerprint density at radius 1 is 1.78 bits per heavy atom. The minimum atomic E-state index is -0.316. The third-order valence-corrected chi connectivity index (χ3v) is 0.853. The van der Waals surface area contributed by atoms with Gasteiger partial charge in [-0.05, 0) is 6.92 Å². The quantitative estimate of drug-likeness (QED) is 0.518. The van der Waals surface area contributed by atoms with Crippen molar-refractivity contribution in [2.75, 3.05) is 13.1 Å². The monoisotopic (exact) mass is 128 g/mol. The van der Waals surface area contributed by atoms with E-state index in [0.717, 1.165) is 0 Å². The number of nitriles is 1. The highest BCUT2D eigenvalue weighted by Gasteiger charge is 1.91. The first-order chi connectivity index (χ1) is 4.27. The van der Waals surface area contributed by atoms with Gasteiger partial charge in [0.15, 0.2) is 0 Å². The fraction of sp³-hybridized carbons (Fsp3) is 0.833. The Balaban J connectivity index is 2.85. The molecule has 52 valence electrons. The predicted octanol–water partition coefficient (Wildman–Crippen LogP) is -0.130. The van der Waals surface area contributed by atoms with Crippen LogP contribution in [0.1, 0.15) is 13.3 Å². The van der Waals surface area contributed by atoms with Crippen molar-refractivity contribution < 1.29 is 5.11 Å². The topological polar surface area (TPSA) is 56.0 Å². The van der Waals surface area contributed by atoms with Gasteiger partial charge >= 0.3 is 0 Å². The summed E-state index contributed by atoms with van der Waals surface area (Å²) in [7, 11) is 0. The second kappa shape index (κ2) is 5.54. The molecule has 0 saturated heterocycles. The summed E-state index contributed by atoms with van der Waals surface area (Å²) in [5, 5.41) is 19.7. The molecule has 0 aliphatic carbocycles. The van der Waals surface area contributed by atoms with Crippen LogP contribution in [0.4, 0.5) is 0 Å². The average molecular weight is 128 g/mol. The van der Waals surface area contributed by atoms with Gasteiger partial charge in [-0.15, -0.1) is 0 Å². The zero-order valence-corrected chi connectivity index (χ0v) is 5.59. The molecule has 0 radical (unpaired) electrons. The zero-order valence-electron chi connectivity index (χ0n) is 5.59. The molecule has 0 bridgehead atoms. The lowest BCUT2D eigenvalue weighted by Crippen LogP contribution is -2.24. The number of nitrogens with one attached hydrogen (secondary N) is 1. The molecule has 0 aromatic rings. The molecule has 1 unspecified atom stereocenters. The molecule has 0 heterocycles. The molecule has 0 aromatic carbocycles. The van der Waals surface area contributed by atoms with Crippen LogP contribution >= 0.6 is 0 Å². The van der Waals surface area contributed by atoms with E-state index in [1.54, 1.807) is 6.92 Å². The summed E-state index contributed by atoms with van der Waals surface area (Å²) in [6, 6.07) is 2.00. The van der Waals surface area contributed by atoms with Gasteiger partial charge in [-0.3, -0.25) is 0 Å². The zero-order chi connectivity index (χ0) is 7.11. The van der Waals surface area contributed by atoms with E-state index in [1.807, 2.05) is 6.07 Å². The summed E-state index contributed by atoms with van der Waals surface area (Å²) < 4.78 is 0. The van der Waals surface area contributed by atoms with Gasteiger partial charge < -0.3 is 10.4 Å². The Morgan fingerprint density at radius 2 is 2.44 bits per heavy atom. The highest BCUT2D eigenvalue weighted by atomic mass is 16.3. The van der Waals surface area contributed by atoms with Gasteiger partial charge in [0, 0.05) is 19.5 Å². The summed E-state index contributed by atoms with van der Waals surface area (Å²) in [6.07, 6.45) is 0.191. The number of rotatable bonds is 4. The van der Waals surface area contributed by atoms with E-state index in [2.05, 4.69) is 5.32 Å². The number of hydrogen-bond acceptors (Lipinski definition) is 3. The summed E-state index contributed by atoms with van der Waals surface area (Å²) >= 11 is 0. The van der Waals surface area contributed by atoms with Crippen LogP contribution in [-0.2, 0) is 0 Å². The van der Waals surface area contributed by atoms with E-state index < -0.39 is 0 Å². The summed E-state index contributed by atoms with van der Waals surface area (Å²) in [4.78, 5) is 0. The van der Waals surface area contributed by atoms with Gasteiger partial charge in [0.1, 0.15) is 0 Å². The molecule has 0 amide bonds. The molecule has 0 aromatic heterocycles. The van der Waals surface area contributed by atoms with Crippen LogP contribution in [0.25, 0.3) is 0 Å². The van der Waals surface area contributed by atoms with Gasteiger partial charge in [-0.2, -0.15) is 5.26 Å². The number of aliphatic hydroxyl groups excluding tert-OH is 1. The summed E-state index contributed by atoms with van der Waals surface area (Å²) in [5.41, 5.74) is 0. The maximum atomic E-state index is 8.71. The lowest BCUT2D eigenvalue weighted by atomic mass is 10.4. The fourth-order valence-corrected chi connectivity index (χ4v) is 0.455. The van der Waals surface area contributed by atoms with Gasteiger partial charge in [0.05, 0.1) is 12.2 Å². The molecule has 0 spiro atoms. The first kappa shape index (κ1) is 8.41. The first-order valence-electron chi connectivity index (χ1n) is 3.03. The molecule has 0 fully saturated rings. The minimum absolute atomic E-state index is 0.316. The van der Waals surface area contributed by atoms with Crippen molar-refractivity contribution in [3.8, 4) is 6.07 Å². The summed E-state index contributed by atoms with van der Waals surface area (Å²) in [5.74, 6) is 0. The van der Waals surface area contributed by atoms with Crippen LogP contribution < -0.4 is 5.32 Å². The normalized spacial score (nSPS) is 12.6. The Kier molecular flexibility index (Phi) is 5.18. The van der Waals surface area contributed by atoms with Crippen molar-refractivity contribution in [3.05, 3.63) is 0 Å². The highest BCUT2D eigenvalue weighted by Crippen LogP contribution is 1.75. The predicted molar refractivity (Wildman–Crippen MR) is 34.8 cm³/mol. The Hall–Kier alpha value is -0.590. The molecule has 0 saturated carbocycles. The van der Waals surface area contributed by atoms with Crippen molar-refractivity contribution in [1.82, 2.24) is 5.32 Å². The molecule has 2 N–H and O–H groups in total. The van der Waals surface area contributed by atoms with Crippen LogP contribution in [0.2, 0.25) is 0 Å². The minimum Gasteiger partial charge on any atom is -0.392 e. The largest absolute Gasteiger partial charge is 0.392 e. The van der Waals surface area contributed by atoms with E-state index in [4.69, 9.17) is 10.4 Å². The van der Waals surface area contributed by atoms with Crippen molar-refractivity contribution in [3.63, 3.8) is 0 Å². The number of nitrogens with zero attached hydrogens (tertiary/aromatic N) is 1. The first-order valence-corrected chi connectivity index (χ1v) is 3.03. The molecule has 3 nitrogen and oxygen atoms in total. The van der Waals surface area contributed by atoms with Gasteiger partial charge in [-0.1, -0.05) is 0 Å². The van der Waals surface area contributed by atoms with Crippen LogP contribution in [0.5, 0.6) is 0 Å². The second-order valence-corrected chi connectivity index (χ2v) is 1.96. The van der Waals surface area contributed by atoms with E-state index in [1.165, 1.54) is 0 Å². The Bertz CT molecular complexity index is 95.7. The average Bonchev–Trinajstić information content (AvgIpc) is 1.80. The molecule has 0 rings (SSSR count). The van der Waals surface area contributed by atoms with Gasteiger partial charge in [0.2, 0.25) is 0 Å². The SMILES string of the molecule is CC(O)CNCCC#N. The van der Waals surface area contributed by atoms with E-state index >= 15 is 0 Å².